The molecule has 1 atom stereocenters. The summed E-state index contributed by atoms with van der Waals surface area (Å²) in [5, 5.41) is 9.24. The molecule has 0 bridgehead atoms. The molecule has 0 fully saturated rings. The second kappa shape index (κ2) is 6.37. The highest BCUT2D eigenvalue weighted by Gasteiger charge is 2.17. The highest BCUT2D eigenvalue weighted by Crippen LogP contribution is 2.17. The number of nitrogens with zero attached hydrogens (tertiary/aromatic N) is 1. The molecule has 0 aromatic heterocycles. The van der Waals surface area contributed by atoms with Crippen LogP contribution in [0.3, 0.4) is 0 Å². The lowest BCUT2D eigenvalue weighted by atomic mass is 10.1. The molecule has 20 heavy (non-hydrogen) atoms. The van der Waals surface area contributed by atoms with E-state index in [1.54, 1.807) is 27.0 Å². The minimum absolute atomic E-state index is 0.135. The van der Waals surface area contributed by atoms with Gasteiger partial charge in [0.15, 0.2) is 9.84 Å². The molecule has 0 aliphatic heterocycles. The molecule has 0 radical (unpaired) electrons. The van der Waals surface area contributed by atoms with Gasteiger partial charge in [0.1, 0.15) is 0 Å². The molecule has 0 aliphatic carbocycles. The van der Waals surface area contributed by atoms with Crippen LogP contribution in [0.4, 0.5) is 0 Å². The summed E-state index contributed by atoms with van der Waals surface area (Å²) in [6, 6.07) is 4.54. The molecule has 112 valence electrons. The molecule has 0 saturated heterocycles. The molecule has 0 aliphatic rings. The number of amides is 1. The first kappa shape index (κ1) is 16.7. The second-order valence-corrected chi connectivity index (χ2v) is 7.13. The smallest absolute Gasteiger partial charge is 0.253 e. The van der Waals surface area contributed by atoms with Crippen molar-refractivity contribution in [1.29, 1.82) is 0 Å². The molecule has 5 nitrogen and oxygen atoms in total. The summed E-state index contributed by atoms with van der Waals surface area (Å²) in [6.07, 6.45) is 1.12. The quantitative estimate of drug-likeness (QED) is 0.887. The Morgan fingerprint density at radius 1 is 1.40 bits per heavy atom. The first-order chi connectivity index (χ1) is 9.12. The Bertz CT molecular complexity index is 593. The van der Waals surface area contributed by atoms with E-state index in [9.17, 15) is 18.3 Å². The van der Waals surface area contributed by atoms with E-state index in [0.29, 0.717) is 18.5 Å². The number of carbonyl (C=O) groups excluding carboxylic acids is 1. The van der Waals surface area contributed by atoms with Crippen molar-refractivity contribution < 1.29 is 18.3 Å². The first-order valence-corrected chi connectivity index (χ1v) is 8.26. The predicted octanol–water partition coefficient (Wildman–Crippen LogP) is 1.24. The average molecular weight is 299 g/mol. The van der Waals surface area contributed by atoms with Gasteiger partial charge in [-0.1, -0.05) is 6.07 Å². The van der Waals surface area contributed by atoms with E-state index in [2.05, 4.69) is 0 Å². The van der Waals surface area contributed by atoms with Crippen LogP contribution in [0.2, 0.25) is 0 Å². The number of aryl methyl sites for hydroxylation is 1. The molecule has 0 saturated carbocycles. The van der Waals surface area contributed by atoms with Crippen LogP contribution in [0.15, 0.2) is 23.1 Å². The van der Waals surface area contributed by atoms with Crippen molar-refractivity contribution in [3.05, 3.63) is 29.3 Å². The maximum atomic E-state index is 12.3. The topological polar surface area (TPSA) is 74.7 Å². The van der Waals surface area contributed by atoms with E-state index in [1.165, 1.54) is 17.0 Å². The summed E-state index contributed by atoms with van der Waals surface area (Å²) in [5.74, 6) is -0.242. The van der Waals surface area contributed by atoms with Crippen molar-refractivity contribution in [3.63, 3.8) is 0 Å². The van der Waals surface area contributed by atoms with Crippen molar-refractivity contribution >= 4 is 15.7 Å². The van der Waals surface area contributed by atoms with Gasteiger partial charge in [-0.25, -0.2) is 8.42 Å². The third-order valence-electron chi connectivity index (χ3n) is 3.10. The standard InChI is InChI=1S/C14H21NO4S/c1-10-5-6-12(20(4,18)19)9-13(10)14(17)15(3)8-7-11(2)16/h5-6,9,11,16H,7-8H2,1-4H3. The van der Waals surface area contributed by atoms with Crippen molar-refractivity contribution in [2.75, 3.05) is 19.8 Å². The molecular formula is C14H21NO4S. The maximum Gasteiger partial charge on any atom is 0.253 e. The number of carbonyl (C=O) groups is 1. The lowest BCUT2D eigenvalue weighted by Crippen LogP contribution is -2.30. The van der Waals surface area contributed by atoms with Gasteiger partial charge in [0, 0.05) is 25.4 Å². The van der Waals surface area contributed by atoms with E-state index < -0.39 is 15.9 Å². The molecule has 0 spiro atoms. The molecule has 1 rings (SSSR count). The van der Waals surface area contributed by atoms with Crippen LogP contribution >= 0.6 is 0 Å². The molecule has 1 amide bonds. The average Bonchev–Trinajstić information content (AvgIpc) is 2.34. The summed E-state index contributed by atoms with van der Waals surface area (Å²) >= 11 is 0. The normalized spacial score (nSPS) is 13.1. The van der Waals surface area contributed by atoms with Crippen LogP contribution in [0, 0.1) is 6.92 Å². The molecule has 1 N–H and O–H groups in total. The summed E-state index contributed by atoms with van der Waals surface area (Å²) in [6.45, 7) is 3.84. The first-order valence-electron chi connectivity index (χ1n) is 6.37. The van der Waals surface area contributed by atoms with E-state index in [4.69, 9.17) is 0 Å². The lowest BCUT2D eigenvalue weighted by Gasteiger charge is -2.19. The number of aliphatic hydroxyl groups excluding tert-OH is 1. The second-order valence-electron chi connectivity index (χ2n) is 5.11. The molecule has 1 aromatic rings. The number of benzene rings is 1. The van der Waals surface area contributed by atoms with Gasteiger partial charge in [-0.2, -0.15) is 0 Å². The predicted molar refractivity (Wildman–Crippen MR) is 77.5 cm³/mol. The van der Waals surface area contributed by atoms with Gasteiger partial charge in [-0.05, 0) is 38.0 Å². The number of hydrogen-bond donors (Lipinski definition) is 1. The SMILES string of the molecule is Cc1ccc(S(C)(=O)=O)cc1C(=O)N(C)CCC(C)O. The number of aliphatic hydroxyl groups is 1. The molecular weight excluding hydrogens is 278 g/mol. The zero-order valence-electron chi connectivity index (χ0n) is 12.3. The minimum atomic E-state index is -3.34. The third kappa shape index (κ3) is 4.31. The largest absolute Gasteiger partial charge is 0.393 e. The van der Waals surface area contributed by atoms with Crippen LogP contribution in [-0.4, -0.2) is 50.3 Å². The van der Waals surface area contributed by atoms with E-state index >= 15 is 0 Å². The number of rotatable bonds is 5. The fourth-order valence-electron chi connectivity index (χ4n) is 1.75. The Morgan fingerprint density at radius 2 is 2.00 bits per heavy atom. The van der Waals surface area contributed by atoms with Crippen LogP contribution in [-0.2, 0) is 9.84 Å². The van der Waals surface area contributed by atoms with Gasteiger partial charge < -0.3 is 10.0 Å². The van der Waals surface area contributed by atoms with Crippen LogP contribution in [0.5, 0.6) is 0 Å². The van der Waals surface area contributed by atoms with Crippen molar-refractivity contribution in [2.45, 2.75) is 31.3 Å². The van der Waals surface area contributed by atoms with Gasteiger partial charge in [0.2, 0.25) is 0 Å². The lowest BCUT2D eigenvalue weighted by molar-refractivity contribution is 0.0768. The Balaban J connectivity index is 3.03. The Morgan fingerprint density at radius 3 is 2.50 bits per heavy atom. The zero-order valence-corrected chi connectivity index (χ0v) is 13.1. The maximum absolute atomic E-state index is 12.3. The molecule has 1 aromatic carbocycles. The summed E-state index contributed by atoms with van der Waals surface area (Å²) < 4.78 is 23.1. The summed E-state index contributed by atoms with van der Waals surface area (Å²) in [5.41, 5.74) is 1.10. The van der Waals surface area contributed by atoms with Crippen molar-refractivity contribution in [3.8, 4) is 0 Å². The third-order valence-corrected chi connectivity index (χ3v) is 4.21. The molecule has 1 unspecified atom stereocenters. The summed E-state index contributed by atoms with van der Waals surface area (Å²) in [7, 11) is -1.70. The van der Waals surface area contributed by atoms with Gasteiger partial charge in [-0.3, -0.25) is 4.79 Å². The Labute approximate surface area is 120 Å². The van der Waals surface area contributed by atoms with Gasteiger partial charge >= 0.3 is 0 Å². The highest BCUT2D eigenvalue weighted by molar-refractivity contribution is 7.90. The fourth-order valence-corrected chi connectivity index (χ4v) is 2.40. The number of hydrogen-bond acceptors (Lipinski definition) is 4. The fraction of sp³-hybridized carbons (Fsp3) is 0.500. The zero-order chi connectivity index (χ0) is 15.5. The van der Waals surface area contributed by atoms with Gasteiger partial charge in [-0.15, -0.1) is 0 Å². The van der Waals surface area contributed by atoms with Gasteiger partial charge in [0.05, 0.1) is 11.0 Å². The molecule has 6 heteroatoms. The van der Waals surface area contributed by atoms with Crippen molar-refractivity contribution in [2.24, 2.45) is 0 Å². The Hall–Kier alpha value is -1.40. The van der Waals surface area contributed by atoms with Crippen molar-refractivity contribution in [1.82, 2.24) is 4.90 Å². The van der Waals surface area contributed by atoms with E-state index in [1.807, 2.05) is 0 Å². The van der Waals surface area contributed by atoms with E-state index in [-0.39, 0.29) is 10.8 Å². The van der Waals surface area contributed by atoms with E-state index in [0.717, 1.165) is 11.8 Å². The van der Waals surface area contributed by atoms with Gasteiger partial charge in [0.25, 0.3) is 5.91 Å². The Kier molecular flexibility index (Phi) is 5.30. The molecule has 0 heterocycles. The van der Waals surface area contributed by atoms with Crippen LogP contribution in [0.1, 0.15) is 29.3 Å². The highest BCUT2D eigenvalue weighted by atomic mass is 32.2. The number of sulfone groups is 1. The van der Waals surface area contributed by atoms with Crippen LogP contribution < -0.4 is 0 Å². The monoisotopic (exact) mass is 299 g/mol. The van der Waals surface area contributed by atoms with Crippen LogP contribution in [0.25, 0.3) is 0 Å². The summed E-state index contributed by atoms with van der Waals surface area (Å²) in [4.78, 5) is 13.9. The minimum Gasteiger partial charge on any atom is -0.393 e.